The summed E-state index contributed by atoms with van der Waals surface area (Å²) in [5, 5.41) is 10.5. The summed E-state index contributed by atoms with van der Waals surface area (Å²) >= 11 is 0.823. The van der Waals surface area contributed by atoms with Gasteiger partial charge in [0.15, 0.2) is 0 Å². The molecule has 0 aliphatic carbocycles. The zero-order valence-electron chi connectivity index (χ0n) is 4.64. The normalized spacial score (nSPS) is 11.9. The molecule has 1 aromatic rings. The molecule has 1 rings (SSSR count). The molecule has 0 amide bonds. The Balaban J connectivity index is 3.05. The van der Waals surface area contributed by atoms with Crippen LogP contribution in [0.25, 0.3) is 0 Å². The Labute approximate surface area is 58.7 Å². The van der Waals surface area contributed by atoms with E-state index in [2.05, 4.69) is 0 Å². The molecule has 0 aliphatic rings. The third kappa shape index (κ3) is 1.23. The van der Waals surface area contributed by atoms with Gasteiger partial charge >= 0.3 is 6.18 Å². The summed E-state index contributed by atoms with van der Waals surface area (Å²) < 4.78 is 35.2. The predicted octanol–water partition coefficient (Wildman–Crippen LogP) is 2.47. The van der Waals surface area contributed by atoms with Crippen LogP contribution in [0.3, 0.4) is 0 Å². The molecule has 10 heavy (non-hydrogen) atoms. The maximum absolute atomic E-state index is 11.7. The van der Waals surface area contributed by atoms with E-state index in [4.69, 9.17) is 5.11 Å². The fourth-order valence-electron chi connectivity index (χ4n) is 0.502. The molecule has 0 unspecified atom stereocenters. The van der Waals surface area contributed by atoms with Crippen molar-refractivity contribution in [1.82, 2.24) is 0 Å². The lowest BCUT2D eigenvalue weighted by Crippen LogP contribution is -2.02. The molecule has 0 aromatic carbocycles. The second-order valence-electron chi connectivity index (χ2n) is 1.67. The van der Waals surface area contributed by atoms with Crippen molar-refractivity contribution in [2.45, 2.75) is 6.18 Å². The third-order valence-corrected chi connectivity index (χ3v) is 1.68. The van der Waals surface area contributed by atoms with Crippen molar-refractivity contribution in [3.05, 3.63) is 16.3 Å². The quantitative estimate of drug-likeness (QED) is 0.630. The first-order valence-electron chi connectivity index (χ1n) is 2.34. The van der Waals surface area contributed by atoms with Crippen molar-refractivity contribution in [2.75, 3.05) is 0 Å². The Kier molecular flexibility index (Phi) is 1.60. The van der Waals surface area contributed by atoms with Crippen molar-refractivity contribution in [3.63, 3.8) is 0 Å². The van der Waals surface area contributed by atoms with Crippen molar-refractivity contribution < 1.29 is 18.3 Å². The summed E-state index contributed by atoms with van der Waals surface area (Å²) in [5.74, 6) is -0.697. The second kappa shape index (κ2) is 2.16. The molecule has 0 spiro atoms. The fraction of sp³-hybridized carbons (Fsp3) is 0.200. The van der Waals surface area contributed by atoms with E-state index in [1.807, 2.05) is 0 Å². The van der Waals surface area contributed by atoms with E-state index < -0.39 is 17.5 Å². The van der Waals surface area contributed by atoms with Gasteiger partial charge in [-0.05, 0) is 0 Å². The average Bonchev–Trinajstić information content (AvgIpc) is 2.11. The minimum atomic E-state index is -4.43. The van der Waals surface area contributed by atoms with Crippen molar-refractivity contribution in [3.8, 4) is 5.75 Å². The SMILES string of the molecule is Oc1cscc1C(F)(F)F. The largest absolute Gasteiger partial charge is 0.506 e. The van der Waals surface area contributed by atoms with Crippen LogP contribution < -0.4 is 0 Å². The monoisotopic (exact) mass is 168 g/mol. The Hall–Kier alpha value is -0.710. The smallest absolute Gasteiger partial charge is 0.420 e. The van der Waals surface area contributed by atoms with Gasteiger partial charge in [0, 0.05) is 10.8 Å². The van der Waals surface area contributed by atoms with Crippen LogP contribution in [0, 0.1) is 0 Å². The van der Waals surface area contributed by atoms with E-state index in [1.165, 1.54) is 0 Å². The van der Waals surface area contributed by atoms with Gasteiger partial charge in [-0.1, -0.05) is 0 Å². The lowest BCUT2D eigenvalue weighted by molar-refractivity contribution is -0.138. The van der Waals surface area contributed by atoms with E-state index in [-0.39, 0.29) is 0 Å². The molecule has 5 heteroatoms. The Morgan fingerprint density at radius 3 is 2.10 bits per heavy atom. The lowest BCUT2D eigenvalue weighted by atomic mass is 10.3. The van der Waals surface area contributed by atoms with Gasteiger partial charge in [-0.2, -0.15) is 13.2 Å². The van der Waals surface area contributed by atoms with Crippen molar-refractivity contribution in [1.29, 1.82) is 0 Å². The average molecular weight is 168 g/mol. The highest BCUT2D eigenvalue weighted by Gasteiger charge is 2.34. The van der Waals surface area contributed by atoms with Crippen LogP contribution in [0.5, 0.6) is 5.75 Å². The Bertz CT molecular complexity index is 227. The van der Waals surface area contributed by atoms with Crippen LogP contribution in [0.1, 0.15) is 5.56 Å². The van der Waals surface area contributed by atoms with Gasteiger partial charge in [0.1, 0.15) is 11.3 Å². The van der Waals surface area contributed by atoms with Crippen LogP contribution in [-0.2, 0) is 6.18 Å². The van der Waals surface area contributed by atoms with Gasteiger partial charge in [0.2, 0.25) is 0 Å². The number of hydrogen-bond acceptors (Lipinski definition) is 2. The van der Waals surface area contributed by atoms with Gasteiger partial charge in [-0.25, -0.2) is 0 Å². The van der Waals surface area contributed by atoms with E-state index >= 15 is 0 Å². The highest BCUT2D eigenvalue weighted by molar-refractivity contribution is 7.08. The topological polar surface area (TPSA) is 20.2 Å². The number of alkyl halides is 3. The summed E-state index contributed by atoms with van der Waals surface area (Å²) in [4.78, 5) is 0. The molecule has 0 aliphatic heterocycles. The number of hydrogen-bond donors (Lipinski definition) is 1. The van der Waals surface area contributed by atoms with Crippen LogP contribution in [0.2, 0.25) is 0 Å². The van der Waals surface area contributed by atoms with E-state index in [0.29, 0.717) is 0 Å². The molecule has 1 nitrogen and oxygen atoms in total. The highest BCUT2D eigenvalue weighted by atomic mass is 32.1. The number of thiophene rings is 1. The summed E-state index contributed by atoms with van der Waals surface area (Å²) in [6.45, 7) is 0. The first-order valence-corrected chi connectivity index (χ1v) is 3.28. The van der Waals surface area contributed by atoms with Gasteiger partial charge in [-0.15, -0.1) is 11.3 Å². The number of rotatable bonds is 0. The number of halogens is 3. The molecule has 1 heterocycles. The number of aromatic hydroxyl groups is 1. The molecule has 56 valence electrons. The van der Waals surface area contributed by atoms with E-state index in [0.717, 1.165) is 22.1 Å². The fourth-order valence-corrected chi connectivity index (χ4v) is 1.22. The van der Waals surface area contributed by atoms with E-state index in [1.54, 1.807) is 0 Å². The molecule has 0 saturated heterocycles. The predicted molar refractivity (Wildman–Crippen MR) is 31.0 cm³/mol. The molecule has 0 bridgehead atoms. The molecule has 1 aromatic heterocycles. The molecule has 0 saturated carbocycles. The highest BCUT2D eigenvalue weighted by Crippen LogP contribution is 2.37. The maximum atomic E-state index is 11.7. The van der Waals surface area contributed by atoms with Gasteiger partial charge in [-0.3, -0.25) is 0 Å². The molecule has 1 N–H and O–H groups in total. The zero-order valence-corrected chi connectivity index (χ0v) is 5.46. The molecule has 0 fully saturated rings. The van der Waals surface area contributed by atoms with Gasteiger partial charge < -0.3 is 5.11 Å². The first-order chi connectivity index (χ1) is 4.52. The third-order valence-electron chi connectivity index (χ3n) is 0.947. The summed E-state index contributed by atoms with van der Waals surface area (Å²) in [6.07, 6.45) is -4.43. The molecular weight excluding hydrogens is 165 g/mol. The van der Waals surface area contributed by atoms with Crippen molar-refractivity contribution in [2.24, 2.45) is 0 Å². The maximum Gasteiger partial charge on any atom is 0.420 e. The lowest BCUT2D eigenvalue weighted by Gasteiger charge is -2.02. The zero-order chi connectivity index (χ0) is 7.78. The summed E-state index contributed by atoms with van der Waals surface area (Å²) in [6, 6.07) is 0. The molecule has 0 radical (unpaired) electrons. The van der Waals surface area contributed by atoms with E-state index in [9.17, 15) is 13.2 Å². The standard InChI is InChI=1S/C5H3F3OS/c6-5(7,8)3-1-10-2-4(3)9/h1-2,9H. The Morgan fingerprint density at radius 2 is 1.90 bits per heavy atom. The van der Waals surface area contributed by atoms with Gasteiger partial charge in [0.05, 0.1) is 0 Å². The minimum absolute atomic E-state index is 0.697. The summed E-state index contributed by atoms with van der Waals surface area (Å²) in [7, 11) is 0. The summed E-state index contributed by atoms with van der Waals surface area (Å²) in [5.41, 5.74) is -0.961. The second-order valence-corrected chi connectivity index (χ2v) is 2.41. The minimum Gasteiger partial charge on any atom is -0.506 e. The van der Waals surface area contributed by atoms with Crippen molar-refractivity contribution >= 4 is 11.3 Å². The molecular formula is C5H3F3OS. The van der Waals surface area contributed by atoms with Crippen LogP contribution in [0.15, 0.2) is 10.8 Å². The van der Waals surface area contributed by atoms with Crippen LogP contribution >= 0.6 is 11.3 Å². The Morgan fingerprint density at radius 1 is 1.30 bits per heavy atom. The molecule has 0 atom stereocenters. The van der Waals surface area contributed by atoms with Crippen LogP contribution in [0.4, 0.5) is 13.2 Å². The van der Waals surface area contributed by atoms with Crippen LogP contribution in [-0.4, -0.2) is 5.11 Å². The van der Waals surface area contributed by atoms with Gasteiger partial charge in [0.25, 0.3) is 0 Å². The first kappa shape index (κ1) is 7.40.